The molecule has 0 saturated heterocycles. The van der Waals surface area contributed by atoms with Crippen LogP contribution in [0.2, 0.25) is 0 Å². The maximum atomic E-state index is 6.51. The second kappa shape index (κ2) is 11.0. The fraction of sp³-hybridized carbons (Fsp3) is 0. The van der Waals surface area contributed by atoms with Crippen molar-refractivity contribution in [2.24, 2.45) is 0 Å². The molecule has 0 spiro atoms. The highest BCUT2D eigenvalue weighted by atomic mass is 16.3. The highest BCUT2D eigenvalue weighted by Crippen LogP contribution is 2.42. The molecule has 0 unspecified atom stereocenters. The van der Waals surface area contributed by atoms with Crippen LogP contribution in [-0.2, 0) is 0 Å². The summed E-state index contributed by atoms with van der Waals surface area (Å²) in [5.74, 6) is 0. The topological polar surface area (TPSA) is 29.5 Å². The third kappa shape index (κ3) is 4.51. The van der Waals surface area contributed by atoms with Crippen LogP contribution in [0.4, 0.5) is 17.1 Å². The molecule has 2 heterocycles. The molecule has 3 heteroatoms. The minimum absolute atomic E-state index is 0.864. The van der Waals surface area contributed by atoms with Crippen molar-refractivity contribution in [1.82, 2.24) is 0 Å². The molecule has 49 heavy (non-hydrogen) atoms. The maximum Gasteiger partial charge on any atom is 0.143 e. The molecule has 0 aliphatic rings. The van der Waals surface area contributed by atoms with E-state index in [9.17, 15) is 0 Å². The van der Waals surface area contributed by atoms with Crippen molar-refractivity contribution in [3.05, 3.63) is 176 Å². The molecular formula is C46H29NO2. The summed E-state index contributed by atoms with van der Waals surface area (Å²) < 4.78 is 12.9. The number of para-hydroxylation sites is 2. The number of benzene rings is 8. The van der Waals surface area contributed by atoms with E-state index >= 15 is 0 Å². The van der Waals surface area contributed by atoms with E-state index in [-0.39, 0.29) is 0 Å². The van der Waals surface area contributed by atoms with E-state index < -0.39 is 0 Å². The van der Waals surface area contributed by atoms with Gasteiger partial charge in [-0.2, -0.15) is 0 Å². The molecule has 0 saturated carbocycles. The number of furan rings is 2. The molecule has 0 N–H and O–H groups in total. The van der Waals surface area contributed by atoms with Crippen molar-refractivity contribution >= 4 is 71.7 Å². The number of anilines is 3. The van der Waals surface area contributed by atoms with Gasteiger partial charge in [0.15, 0.2) is 0 Å². The zero-order valence-electron chi connectivity index (χ0n) is 26.5. The summed E-state index contributed by atoms with van der Waals surface area (Å²) in [7, 11) is 0. The molecule has 0 fully saturated rings. The van der Waals surface area contributed by atoms with Gasteiger partial charge in [0.25, 0.3) is 0 Å². The Kier molecular flexibility index (Phi) is 6.18. The Morgan fingerprint density at radius 2 is 1.00 bits per heavy atom. The lowest BCUT2D eigenvalue weighted by Gasteiger charge is -2.26. The highest BCUT2D eigenvalue weighted by Gasteiger charge is 2.18. The van der Waals surface area contributed by atoms with Gasteiger partial charge in [0.2, 0.25) is 0 Å². The Hall–Kier alpha value is -6.58. The largest absolute Gasteiger partial charge is 0.456 e. The average molecular weight is 628 g/mol. The van der Waals surface area contributed by atoms with Crippen LogP contribution in [0.3, 0.4) is 0 Å². The van der Waals surface area contributed by atoms with Gasteiger partial charge in [-0.25, -0.2) is 0 Å². The fourth-order valence-corrected chi connectivity index (χ4v) is 7.32. The predicted molar refractivity (Wildman–Crippen MR) is 204 cm³/mol. The van der Waals surface area contributed by atoms with Crippen LogP contribution in [0.1, 0.15) is 0 Å². The van der Waals surface area contributed by atoms with Crippen LogP contribution in [0.5, 0.6) is 0 Å². The second-order valence-corrected chi connectivity index (χ2v) is 12.5. The van der Waals surface area contributed by atoms with Crippen molar-refractivity contribution in [2.75, 3.05) is 4.90 Å². The summed E-state index contributed by atoms with van der Waals surface area (Å²) in [6.45, 7) is 0. The number of nitrogens with zero attached hydrogens (tertiary/aromatic N) is 1. The van der Waals surface area contributed by atoms with Crippen molar-refractivity contribution < 1.29 is 8.83 Å². The van der Waals surface area contributed by atoms with Gasteiger partial charge in [-0.05, 0) is 76.0 Å². The van der Waals surface area contributed by atoms with E-state index in [2.05, 4.69) is 169 Å². The quantitative estimate of drug-likeness (QED) is 0.190. The molecule has 0 bridgehead atoms. The third-order valence-electron chi connectivity index (χ3n) is 9.68. The van der Waals surface area contributed by atoms with Crippen molar-refractivity contribution in [3.8, 4) is 22.3 Å². The minimum atomic E-state index is 0.864. The number of hydrogen-bond donors (Lipinski definition) is 0. The molecule has 0 amide bonds. The van der Waals surface area contributed by atoms with Crippen molar-refractivity contribution in [3.63, 3.8) is 0 Å². The SMILES string of the molecule is c1ccc(-c2ccc(N(c3ccc(-c4cccc5c4oc4ccccc45)cc3)c3ccc4c(c3)oc3ccc5ccccc5c34)cc2)cc1. The summed E-state index contributed by atoms with van der Waals surface area (Å²) >= 11 is 0. The number of hydrogen-bond acceptors (Lipinski definition) is 3. The lowest BCUT2D eigenvalue weighted by Crippen LogP contribution is -2.09. The van der Waals surface area contributed by atoms with Gasteiger partial charge >= 0.3 is 0 Å². The Morgan fingerprint density at radius 3 is 1.82 bits per heavy atom. The Balaban J connectivity index is 1.11. The van der Waals surface area contributed by atoms with Crippen LogP contribution >= 0.6 is 0 Å². The Morgan fingerprint density at radius 1 is 0.347 bits per heavy atom. The fourth-order valence-electron chi connectivity index (χ4n) is 7.32. The number of rotatable bonds is 5. The van der Waals surface area contributed by atoms with Gasteiger partial charge in [0.05, 0.1) is 0 Å². The van der Waals surface area contributed by atoms with Gasteiger partial charge in [-0.3, -0.25) is 0 Å². The molecule has 3 nitrogen and oxygen atoms in total. The molecule has 230 valence electrons. The summed E-state index contributed by atoms with van der Waals surface area (Å²) in [6, 6.07) is 61.9. The first-order chi connectivity index (χ1) is 24.3. The van der Waals surface area contributed by atoms with E-state index in [0.717, 1.165) is 72.1 Å². The maximum absolute atomic E-state index is 6.51. The monoisotopic (exact) mass is 627 g/mol. The molecule has 10 rings (SSSR count). The Bertz CT molecular complexity index is 2810. The van der Waals surface area contributed by atoms with Crippen LogP contribution in [0.25, 0.3) is 76.9 Å². The van der Waals surface area contributed by atoms with E-state index in [0.29, 0.717) is 0 Å². The van der Waals surface area contributed by atoms with Crippen LogP contribution in [0, 0.1) is 0 Å². The van der Waals surface area contributed by atoms with Gasteiger partial charge in [-0.1, -0.05) is 121 Å². The molecule has 10 aromatic rings. The van der Waals surface area contributed by atoms with E-state index in [1.54, 1.807) is 0 Å². The van der Waals surface area contributed by atoms with Crippen molar-refractivity contribution in [1.29, 1.82) is 0 Å². The summed E-state index contributed by atoms with van der Waals surface area (Å²) in [6.07, 6.45) is 0. The molecule has 2 aromatic heterocycles. The normalized spacial score (nSPS) is 11.7. The van der Waals surface area contributed by atoms with E-state index in [4.69, 9.17) is 8.83 Å². The third-order valence-corrected chi connectivity index (χ3v) is 9.68. The second-order valence-electron chi connectivity index (χ2n) is 12.5. The summed E-state index contributed by atoms with van der Waals surface area (Å²) in [5, 5.41) is 6.95. The van der Waals surface area contributed by atoms with Crippen LogP contribution < -0.4 is 4.90 Å². The minimum Gasteiger partial charge on any atom is -0.456 e. The standard InChI is InChI=1S/C46H29NO2/c1-2-9-30(10-3-1)31-17-22-34(23-18-31)47(36-26-27-41-44(29-36)48-43-28-21-32-11-4-5-12-37(32)45(41)43)35-24-19-33(20-25-35)38-14-8-15-40-39-13-6-7-16-42(39)49-46(38)40/h1-29H. The first-order valence-corrected chi connectivity index (χ1v) is 16.6. The zero-order valence-corrected chi connectivity index (χ0v) is 26.5. The molecule has 0 radical (unpaired) electrons. The first-order valence-electron chi connectivity index (χ1n) is 16.6. The molecule has 8 aromatic carbocycles. The van der Waals surface area contributed by atoms with Gasteiger partial charge < -0.3 is 13.7 Å². The Labute approximate surface area is 282 Å². The highest BCUT2D eigenvalue weighted by molar-refractivity contribution is 6.19. The van der Waals surface area contributed by atoms with E-state index in [1.807, 2.05) is 12.1 Å². The lowest BCUT2D eigenvalue weighted by molar-refractivity contribution is 0.669. The number of fused-ring (bicyclic) bond motifs is 8. The molecular weight excluding hydrogens is 599 g/mol. The molecule has 0 atom stereocenters. The predicted octanol–water partition coefficient (Wildman–Crippen LogP) is 13.4. The summed E-state index contributed by atoms with van der Waals surface area (Å²) in [4.78, 5) is 2.30. The van der Waals surface area contributed by atoms with Crippen LogP contribution in [-0.4, -0.2) is 0 Å². The molecule has 0 aliphatic carbocycles. The lowest BCUT2D eigenvalue weighted by atomic mass is 10.0. The van der Waals surface area contributed by atoms with E-state index in [1.165, 1.54) is 21.9 Å². The zero-order chi connectivity index (χ0) is 32.3. The molecule has 0 aliphatic heterocycles. The average Bonchev–Trinajstić information content (AvgIpc) is 3.74. The van der Waals surface area contributed by atoms with Gasteiger partial charge in [0.1, 0.15) is 22.3 Å². The summed E-state index contributed by atoms with van der Waals surface area (Å²) in [5.41, 5.74) is 11.3. The van der Waals surface area contributed by atoms with Gasteiger partial charge in [0, 0.05) is 50.2 Å². The first kappa shape index (κ1) is 27.5. The smallest absolute Gasteiger partial charge is 0.143 e. The van der Waals surface area contributed by atoms with Crippen molar-refractivity contribution in [2.45, 2.75) is 0 Å². The van der Waals surface area contributed by atoms with Crippen LogP contribution in [0.15, 0.2) is 185 Å². The van der Waals surface area contributed by atoms with Gasteiger partial charge in [-0.15, -0.1) is 0 Å².